The first-order chi connectivity index (χ1) is 5.99. The van der Waals surface area contributed by atoms with Crippen LogP contribution in [0.4, 0.5) is 0 Å². The third-order valence-electron chi connectivity index (χ3n) is 1.58. The number of hydrogen-bond donors (Lipinski definition) is 1. The molecule has 1 aliphatic rings. The van der Waals surface area contributed by atoms with Crippen molar-refractivity contribution in [2.24, 2.45) is 0 Å². The SMILES string of the molecule is CC(C)(C)NC1=CCCC1.[Cl][Zr][Cl]. The molecule has 0 fully saturated rings. The predicted molar refractivity (Wildman–Crippen MR) is 56.5 cm³/mol. The van der Waals surface area contributed by atoms with Crippen LogP contribution >= 0.6 is 17.0 Å². The van der Waals surface area contributed by atoms with Crippen LogP contribution in [0.1, 0.15) is 40.0 Å². The summed E-state index contributed by atoms with van der Waals surface area (Å²) in [6.07, 6.45) is 6.15. The second-order valence-corrected chi connectivity index (χ2v) is 7.80. The molecule has 0 bridgehead atoms. The van der Waals surface area contributed by atoms with E-state index in [2.05, 4.69) is 32.2 Å². The quantitative estimate of drug-likeness (QED) is 0.776. The standard InChI is InChI=1S/C9H17N.2ClH.Zr/c1-9(2,3)10-8-6-4-5-7-8;;;/h6,10H,4-5,7H2,1-3H3;2*1H;/q;;;+2/p-2. The summed E-state index contributed by atoms with van der Waals surface area (Å²) in [5, 5.41) is 3.48. The first-order valence-electron chi connectivity index (χ1n) is 4.43. The molecule has 0 amide bonds. The molecule has 0 saturated carbocycles. The van der Waals surface area contributed by atoms with E-state index in [4.69, 9.17) is 17.0 Å². The Morgan fingerprint density at radius 1 is 1.38 bits per heavy atom. The molecule has 0 heterocycles. The van der Waals surface area contributed by atoms with Crippen LogP contribution in [0.2, 0.25) is 0 Å². The zero-order chi connectivity index (χ0) is 10.3. The Bertz CT molecular complexity index is 163. The summed E-state index contributed by atoms with van der Waals surface area (Å²) in [7, 11) is 9.87. The van der Waals surface area contributed by atoms with Gasteiger partial charge in [-0.25, -0.2) is 0 Å². The van der Waals surface area contributed by atoms with Crippen molar-refractivity contribution >= 4 is 17.0 Å². The fraction of sp³-hybridized carbons (Fsp3) is 0.778. The van der Waals surface area contributed by atoms with E-state index < -0.39 is 20.8 Å². The fourth-order valence-electron chi connectivity index (χ4n) is 1.27. The normalized spacial score (nSPS) is 15.6. The summed E-state index contributed by atoms with van der Waals surface area (Å²) in [6, 6.07) is 0. The average Bonchev–Trinajstić information content (AvgIpc) is 2.37. The third kappa shape index (κ3) is 9.31. The van der Waals surface area contributed by atoms with Crippen LogP contribution < -0.4 is 5.32 Å². The van der Waals surface area contributed by atoms with E-state index in [0.29, 0.717) is 0 Å². The van der Waals surface area contributed by atoms with Crippen molar-refractivity contribution in [3.63, 3.8) is 0 Å². The molecule has 76 valence electrons. The summed E-state index contributed by atoms with van der Waals surface area (Å²) in [5.74, 6) is 0. The van der Waals surface area contributed by atoms with Gasteiger partial charge in [0.05, 0.1) is 0 Å². The summed E-state index contributed by atoms with van der Waals surface area (Å²) in [4.78, 5) is 0. The van der Waals surface area contributed by atoms with E-state index in [1.165, 1.54) is 25.0 Å². The molecule has 0 spiro atoms. The van der Waals surface area contributed by atoms with Gasteiger partial charge < -0.3 is 5.32 Å². The molecule has 1 nitrogen and oxygen atoms in total. The van der Waals surface area contributed by atoms with E-state index in [1.54, 1.807) is 0 Å². The van der Waals surface area contributed by atoms with Crippen LogP contribution in [0.5, 0.6) is 0 Å². The van der Waals surface area contributed by atoms with Crippen LogP contribution in [-0.2, 0) is 20.8 Å². The molecular formula is C9H17Cl2NZr. The van der Waals surface area contributed by atoms with Gasteiger partial charge in [-0.15, -0.1) is 0 Å². The summed E-state index contributed by atoms with van der Waals surface area (Å²) in [6.45, 7) is 6.60. The van der Waals surface area contributed by atoms with Crippen LogP contribution in [0.3, 0.4) is 0 Å². The van der Waals surface area contributed by atoms with Gasteiger partial charge >= 0.3 is 37.9 Å². The minimum absolute atomic E-state index is 0.246. The van der Waals surface area contributed by atoms with Gasteiger partial charge in [0.15, 0.2) is 0 Å². The Morgan fingerprint density at radius 3 is 2.23 bits per heavy atom. The van der Waals surface area contributed by atoms with Gasteiger partial charge in [-0.1, -0.05) is 6.08 Å². The summed E-state index contributed by atoms with van der Waals surface area (Å²) in [5.41, 5.74) is 1.68. The van der Waals surface area contributed by atoms with Gasteiger partial charge in [0, 0.05) is 11.2 Å². The van der Waals surface area contributed by atoms with Gasteiger partial charge in [-0.2, -0.15) is 0 Å². The van der Waals surface area contributed by atoms with Gasteiger partial charge in [-0.3, -0.25) is 0 Å². The van der Waals surface area contributed by atoms with E-state index in [0.717, 1.165) is 0 Å². The molecule has 1 rings (SSSR count). The number of rotatable bonds is 1. The van der Waals surface area contributed by atoms with E-state index >= 15 is 0 Å². The van der Waals surface area contributed by atoms with Crippen molar-refractivity contribution in [2.45, 2.75) is 45.6 Å². The van der Waals surface area contributed by atoms with Crippen molar-refractivity contribution in [2.75, 3.05) is 0 Å². The first-order valence-corrected chi connectivity index (χ1v) is 10.8. The van der Waals surface area contributed by atoms with Crippen LogP contribution in [-0.4, -0.2) is 5.54 Å². The van der Waals surface area contributed by atoms with Crippen molar-refractivity contribution in [3.05, 3.63) is 11.8 Å². The predicted octanol–water partition coefficient (Wildman–Crippen LogP) is 3.82. The van der Waals surface area contributed by atoms with Gasteiger partial charge in [0.2, 0.25) is 0 Å². The molecule has 0 saturated heterocycles. The zero-order valence-corrected chi connectivity index (χ0v) is 12.4. The molecule has 0 aromatic rings. The molecule has 0 aromatic carbocycles. The van der Waals surface area contributed by atoms with E-state index in [9.17, 15) is 0 Å². The molecule has 4 heteroatoms. The second kappa shape index (κ2) is 7.32. The minimum atomic E-state index is -0.826. The van der Waals surface area contributed by atoms with Crippen LogP contribution in [0.15, 0.2) is 11.8 Å². The van der Waals surface area contributed by atoms with E-state index in [-0.39, 0.29) is 5.54 Å². The molecular weight excluding hydrogens is 284 g/mol. The van der Waals surface area contributed by atoms with Gasteiger partial charge in [0.25, 0.3) is 0 Å². The third-order valence-corrected chi connectivity index (χ3v) is 1.58. The molecule has 0 unspecified atom stereocenters. The van der Waals surface area contributed by atoms with Crippen molar-refractivity contribution in [1.29, 1.82) is 0 Å². The Balaban J connectivity index is 0.000000424. The molecule has 0 radical (unpaired) electrons. The molecule has 13 heavy (non-hydrogen) atoms. The Hall–Kier alpha value is 1.00. The van der Waals surface area contributed by atoms with Crippen molar-refractivity contribution in [1.82, 2.24) is 5.32 Å². The van der Waals surface area contributed by atoms with Crippen LogP contribution in [0, 0.1) is 0 Å². The molecule has 1 aliphatic carbocycles. The monoisotopic (exact) mass is 299 g/mol. The second-order valence-electron chi connectivity index (χ2n) is 4.07. The van der Waals surface area contributed by atoms with Gasteiger partial charge in [0.1, 0.15) is 0 Å². The number of hydrogen-bond acceptors (Lipinski definition) is 1. The maximum absolute atomic E-state index is 4.93. The summed E-state index contributed by atoms with van der Waals surface area (Å²) >= 11 is -0.826. The Kier molecular flexibility index (Phi) is 7.88. The van der Waals surface area contributed by atoms with Gasteiger partial charge in [-0.05, 0) is 40.0 Å². The Morgan fingerprint density at radius 2 is 1.92 bits per heavy atom. The fourth-order valence-corrected chi connectivity index (χ4v) is 1.27. The van der Waals surface area contributed by atoms with Crippen LogP contribution in [0.25, 0.3) is 0 Å². The number of allylic oxidation sites excluding steroid dienone is 2. The molecule has 0 atom stereocenters. The first kappa shape index (κ1) is 14.0. The molecule has 0 aliphatic heterocycles. The molecule has 0 aromatic heterocycles. The van der Waals surface area contributed by atoms with Crippen molar-refractivity contribution in [3.8, 4) is 0 Å². The Labute approximate surface area is 99.9 Å². The average molecular weight is 301 g/mol. The number of nitrogens with one attached hydrogen (secondary N) is 1. The molecule has 1 N–H and O–H groups in total. The van der Waals surface area contributed by atoms with Crippen molar-refractivity contribution < 1.29 is 20.8 Å². The zero-order valence-electron chi connectivity index (χ0n) is 8.45. The number of halogens is 2. The summed E-state index contributed by atoms with van der Waals surface area (Å²) < 4.78 is 0. The maximum atomic E-state index is 4.93. The van der Waals surface area contributed by atoms with E-state index in [1.807, 2.05) is 0 Å². The topological polar surface area (TPSA) is 12.0 Å².